The molecule has 0 bridgehead atoms. The first kappa shape index (κ1) is 16.4. The van der Waals surface area contributed by atoms with Gasteiger partial charge in [0.15, 0.2) is 4.60 Å². The van der Waals surface area contributed by atoms with Gasteiger partial charge in [-0.1, -0.05) is 12.1 Å². The lowest BCUT2D eigenvalue weighted by atomic mass is 9.77. The first-order chi connectivity index (χ1) is 9.74. The summed E-state index contributed by atoms with van der Waals surface area (Å²) in [6.45, 7) is 2.18. The normalized spacial score (nSPS) is 19.6. The highest BCUT2D eigenvalue weighted by atomic mass is 79.9. The Hall–Kier alpha value is -1.00. The highest BCUT2D eigenvalue weighted by molar-refractivity contribution is 9.10. The number of aromatic nitrogens is 3. The lowest BCUT2D eigenvalue weighted by Crippen LogP contribution is -2.46. The second kappa shape index (κ2) is 5.65. The number of carboxylic acid groups (broad SMARTS) is 1. The molecule has 8 nitrogen and oxygen atoms in total. The molecule has 1 aromatic heterocycles. The van der Waals surface area contributed by atoms with Crippen LogP contribution in [0.1, 0.15) is 26.2 Å². The number of rotatable bonds is 4. The molecule has 21 heavy (non-hydrogen) atoms. The molecule has 0 unspecified atom stereocenters. The number of carbonyl (C=O) groups is 1. The molecule has 0 radical (unpaired) electrons. The number of halogens is 1. The Morgan fingerprint density at radius 1 is 1.43 bits per heavy atom. The van der Waals surface area contributed by atoms with Gasteiger partial charge in [-0.25, -0.2) is 13.1 Å². The standard InChI is InChI=1S/C11H17BrN4O4S/c1-3-11(10(17)18)4-6-16(7-5-11)21(19,20)9-8(12)13-14-15(9)2/h3-7H2,1-2H3,(H,17,18). The maximum Gasteiger partial charge on any atom is 0.309 e. The van der Waals surface area contributed by atoms with Crippen LogP contribution in [0.5, 0.6) is 0 Å². The minimum atomic E-state index is -3.73. The molecule has 1 N–H and O–H groups in total. The van der Waals surface area contributed by atoms with Crippen molar-refractivity contribution in [3.63, 3.8) is 0 Å². The van der Waals surface area contributed by atoms with E-state index in [-0.39, 0.29) is 22.7 Å². The van der Waals surface area contributed by atoms with Gasteiger partial charge in [-0.05, 0) is 35.2 Å². The number of hydrogen-bond acceptors (Lipinski definition) is 5. The second-order valence-electron chi connectivity index (χ2n) is 5.15. The van der Waals surface area contributed by atoms with Gasteiger partial charge < -0.3 is 5.11 Å². The fraction of sp³-hybridized carbons (Fsp3) is 0.727. The van der Waals surface area contributed by atoms with Gasteiger partial charge in [0.25, 0.3) is 10.0 Å². The van der Waals surface area contributed by atoms with Crippen molar-refractivity contribution >= 4 is 31.9 Å². The summed E-state index contributed by atoms with van der Waals surface area (Å²) >= 11 is 3.08. The van der Waals surface area contributed by atoms with Crippen molar-refractivity contribution in [2.45, 2.75) is 31.2 Å². The molecule has 10 heteroatoms. The first-order valence-electron chi connectivity index (χ1n) is 6.53. The number of nitrogens with zero attached hydrogens (tertiary/aromatic N) is 4. The van der Waals surface area contributed by atoms with Crippen LogP contribution in [0.4, 0.5) is 0 Å². The van der Waals surface area contributed by atoms with Crippen molar-refractivity contribution in [3.05, 3.63) is 4.60 Å². The van der Waals surface area contributed by atoms with Crippen molar-refractivity contribution in [1.29, 1.82) is 0 Å². The second-order valence-corrected chi connectivity index (χ2v) is 7.76. The van der Waals surface area contributed by atoms with Gasteiger partial charge >= 0.3 is 5.97 Å². The summed E-state index contributed by atoms with van der Waals surface area (Å²) in [5.41, 5.74) is -0.825. The van der Waals surface area contributed by atoms with Crippen molar-refractivity contribution in [3.8, 4) is 0 Å². The zero-order valence-corrected chi connectivity index (χ0v) is 14.2. The number of hydrogen-bond donors (Lipinski definition) is 1. The lowest BCUT2D eigenvalue weighted by molar-refractivity contribution is -0.151. The van der Waals surface area contributed by atoms with Crippen molar-refractivity contribution in [2.75, 3.05) is 13.1 Å². The van der Waals surface area contributed by atoms with E-state index < -0.39 is 21.4 Å². The van der Waals surface area contributed by atoms with E-state index in [1.54, 1.807) is 0 Å². The molecule has 2 rings (SSSR count). The van der Waals surface area contributed by atoms with E-state index >= 15 is 0 Å². The SMILES string of the molecule is CCC1(C(=O)O)CCN(S(=O)(=O)c2c(Br)nnn2C)CC1. The molecule has 0 amide bonds. The predicted octanol–water partition coefficient (Wildman–Crippen LogP) is 0.843. The summed E-state index contributed by atoms with van der Waals surface area (Å²) in [4.78, 5) is 11.4. The van der Waals surface area contributed by atoms with E-state index in [0.717, 1.165) is 0 Å². The van der Waals surface area contributed by atoms with E-state index in [2.05, 4.69) is 26.2 Å². The molecule has 0 atom stereocenters. The van der Waals surface area contributed by atoms with Gasteiger partial charge in [0.2, 0.25) is 5.03 Å². The van der Waals surface area contributed by atoms with Crippen LogP contribution >= 0.6 is 15.9 Å². The van der Waals surface area contributed by atoms with Crippen LogP contribution in [0.3, 0.4) is 0 Å². The maximum atomic E-state index is 12.6. The van der Waals surface area contributed by atoms with Gasteiger partial charge in [-0.15, -0.1) is 5.10 Å². The molecule has 0 aromatic carbocycles. The van der Waals surface area contributed by atoms with Gasteiger partial charge in [-0.3, -0.25) is 4.79 Å². The topological polar surface area (TPSA) is 105 Å². The number of carboxylic acids is 1. The molecular formula is C11H17BrN4O4S. The Bertz CT molecular complexity index is 630. The Morgan fingerprint density at radius 2 is 2.00 bits per heavy atom. The van der Waals surface area contributed by atoms with Crippen LogP contribution in [0.25, 0.3) is 0 Å². The van der Waals surface area contributed by atoms with Crippen LogP contribution in [0.15, 0.2) is 9.63 Å². The summed E-state index contributed by atoms with van der Waals surface area (Å²) in [5.74, 6) is -0.856. The zero-order valence-electron chi connectivity index (χ0n) is 11.8. The Balaban J connectivity index is 2.25. The van der Waals surface area contributed by atoms with E-state index in [1.807, 2.05) is 6.92 Å². The molecule has 1 saturated heterocycles. The molecule has 2 heterocycles. The van der Waals surface area contributed by atoms with Crippen LogP contribution in [-0.2, 0) is 21.9 Å². The Labute approximate surface area is 131 Å². The largest absolute Gasteiger partial charge is 0.481 e. The molecule has 1 aliphatic rings. The van der Waals surface area contributed by atoms with Gasteiger partial charge in [0.05, 0.1) is 5.41 Å². The molecule has 1 aromatic rings. The van der Waals surface area contributed by atoms with Crippen LogP contribution in [-0.4, -0.2) is 51.9 Å². The summed E-state index contributed by atoms with van der Waals surface area (Å²) in [6.07, 6.45) is 1.11. The molecule has 118 valence electrons. The number of piperidine rings is 1. The van der Waals surface area contributed by atoms with Crippen LogP contribution < -0.4 is 0 Å². The molecule has 0 spiro atoms. The summed E-state index contributed by atoms with van der Waals surface area (Å²) in [7, 11) is -2.23. The van der Waals surface area contributed by atoms with Gasteiger partial charge in [0, 0.05) is 20.1 Å². The third-order valence-corrected chi connectivity index (χ3v) is 6.92. The summed E-state index contributed by atoms with van der Waals surface area (Å²) < 4.78 is 27.9. The fourth-order valence-corrected chi connectivity index (χ4v) is 5.07. The van der Waals surface area contributed by atoms with Crippen LogP contribution in [0.2, 0.25) is 0 Å². The van der Waals surface area contributed by atoms with E-state index in [0.29, 0.717) is 19.3 Å². The number of aryl methyl sites for hydroxylation is 1. The smallest absolute Gasteiger partial charge is 0.309 e. The van der Waals surface area contributed by atoms with Crippen molar-refractivity contribution < 1.29 is 18.3 Å². The van der Waals surface area contributed by atoms with Crippen molar-refractivity contribution in [2.24, 2.45) is 12.5 Å². The third kappa shape index (κ3) is 2.71. The highest BCUT2D eigenvalue weighted by Gasteiger charge is 2.43. The quantitative estimate of drug-likeness (QED) is 0.829. The monoisotopic (exact) mass is 380 g/mol. The highest BCUT2D eigenvalue weighted by Crippen LogP contribution is 2.37. The average Bonchev–Trinajstić information content (AvgIpc) is 2.78. The zero-order chi connectivity index (χ0) is 15.8. The van der Waals surface area contributed by atoms with Crippen molar-refractivity contribution in [1.82, 2.24) is 19.3 Å². The lowest BCUT2D eigenvalue weighted by Gasteiger charge is -2.37. The molecule has 0 aliphatic carbocycles. The number of sulfonamides is 1. The minimum Gasteiger partial charge on any atom is -0.481 e. The molecule has 1 fully saturated rings. The molecule has 0 saturated carbocycles. The first-order valence-corrected chi connectivity index (χ1v) is 8.76. The van der Waals surface area contributed by atoms with E-state index in [4.69, 9.17) is 0 Å². The average molecular weight is 381 g/mol. The fourth-order valence-electron chi connectivity index (χ4n) is 2.59. The van der Waals surface area contributed by atoms with Gasteiger partial charge in [-0.2, -0.15) is 4.31 Å². The third-order valence-electron chi connectivity index (χ3n) is 4.13. The maximum absolute atomic E-state index is 12.6. The predicted molar refractivity (Wildman–Crippen MR) is 77.1 cm³/mol. The van der Waals surface area contributed by atoms with E-state index in [1.165, 1.54) is 16.0 Å². The van der Waals surface area contributed by atoms with Gasteiger partial charge in [0.1, 0.15) is 0 Å². The number of aliphatic carboxylic acids is 1. The molecular weight excluding hydrogens is 364 g/mol. The minimum absolute atomic E-state index is 0.0122. The Morgan fingerprint density at radius 3 is 2.38 bits per heavy atom. The summed E-state index contributed by atoms with van der Waals surface area (Å²) in [5, 5.41) is 16.7. The van der Waals surface area contributed by atoms with E-state index in [9.17, 15) is 18.3 Å². The van der Waals surface area contributed by atoms with Crippen LogP contribution in [0, 0.1) is 5.41 Å². The summed E-state index contributed by atoms with van der Waals surface area (Å²) in [6, 6.07) is 0. The molecule has 1 aliphatic heterocycles. The Kier molecular flexibility index (Phi) is 4.41.